The Balaban J connectivity index is 2.69. The van der Waals surface area contributed by atoms with Crippen molar-refractivity contribution in [3.63, 3.8) is 0 Å². The van der Waals surface area contributed by atoms with Crippen LogP contribution in [0.25, 0.3) is 0 Å². The lowest BCUT2D eigenvalue weighted by molar-refractivity contribution is -0.123. The van der Waals surface area contributed by atoms with Gasteiger partial charge in [-0.1, -0.05) is 0 Å². The first-order chi connectivity index (χ1) is 6.24. The molecule has 0 unspecified atom stereocenters. The highest BCUT2D eigenvalue weighted by molar-refractivity contribution is 5.79. The Bertz CT molecular complexity index is 345. The number of methoxy groups -OCH3 is 1. The average Bonchev–Trinajstić information content (AvgIpc) is 2.09. The summed E-state index contributed by atoms with van der Waals surface area (Å²) in [5.74, 6) is -0.155. The van der Waals surface area contributed by atoms with E-state index in [0.29, 0.717) is 0 Å². The van der Waals surface area contributed by atoms with Gasteiger partial charge in [-0.05, 0) is 0 Å². The topological polar surface area (TPSA) is 61.2 Å². The van der Waals surface area contributed by atoms with Crippen LogP contribution in [-0.4, -0.2) is 29.1 Å². The Hall–Kier alpha value is -1.49. The van der Waals surface area contributed by atoms with Gasteiger partial charge in [0.05, 0.1) is 12.9 Å². The minimum atomic E-state index is -0.237. The fraction of sp³-hybridized carbons (Fsp3) is 0.375. The maximum Gasteiger partial charge on any atom is 0.253 e. The van der Waals surface area contributed by atoms with E-state index in [0.717, 1.165) is 0 Å². The van der Waals surface area contributed by atoms with E-state index in [-0.39, 0.29) is 24.5 Å². The fourth-order valence-electron chi connectivity index (χ4n) is 0.894. The van der Waals surface area contributed by atoms with Gasteiger partial charge >= 0.3 is 0 Å². The second-order valence-electron chi connectivity index (χ2n) is 2.52. The second kappa shape index (κ2) is 4.51. The third kappa shape index (κ3) is 2.79. The van der Waals surface area contributed by atoms with E-state index in [1.54, 1.807) is 0 Å². The van der Waals surface area contributed by atoms with Crippen molar-refractivity contribution in [2.45, 2.75) is 6.54 Å². The molecule has 0 N–H and O–H groups in total. The zero-order chi connectivity index (χ0) is 9.68. The van der Waals surface area contributed by atoms with Gasteiger partial charge in [0, 0.05) is 19.4 Å². The number of nitrogens with zero attached hydrogens (tertiary/aromatic N) is 2. The molecule has 0 saturated carbocycles. The van der Waals surface area contributed by atoms with Crippen LogP contribution < -0.4 is 5.56 Å². The van der Waals surface area contributed by atoms with Gasteiger partial charge in [0.25, 0.3) is 5.56 Å². The Morgan fingerprint density at radius 3 is 3.08 bits per heavy atom. The number of carbonyl (C=O) groups is 1. The molecule has 0 saturated heterocycles. The van der Waals surface area contributed by atoms with Crippen LogP contribution in [0.4, 0.5) is 0 Å². The molecule has 1 aromatic heterocycles. The van der Waals surface area contributed by atoms with Gasteiger partial charge in [0.2, 0.25) is 0 Å². The maximum absolute atomic E-state index is 11.1. The summed E-state index contributed by atoms with van der Waals surface area (Å²) in [5.41, 5.74) is -0.237. The third-order valence-electron chi connectivity index (χ3n) is 1.44. The Morgan fingerprint density at radius 1 is 1.69 bits per heavy atom. The van der Waals surface area contributed by atoms with Crippen LogP contribution in [0.5, 0.6) is 0 Å². The number of aromatic nitrogens is 2. The summed E-state index contributed by atoms with van der Waals surface area (Å²) in [4.78, 5) is 25.9. The Morgan fingerprint density at radius 2 is 2.46 bits per heavy atom. The van der Waals surface area contributed by atoms with Crippen molar-refractivity contribution in [1.82, 2.24) is 9.55 Å². The summed E-state index contributed by atoms with van der Waals surface area (Å²) < 4.78 is 5.87. The van der Waals surface area contributed by atoms with Crippen LogP contribution in [0, 0.1) is 0 Å². The molecule has 1 aromatic rings. The summed E-state index contributed by atoms with van der Waals surface area (Å²) in [6.07, 6.45) is 2.72. The fourth-order valence-corrected chi connectivity index (χ4v) is 0.894. The van der Waals surface area contributed by atoms with Crippen molar-refractivity contribution in [2.75, 3.05) is 13.7 Å². The van der Waals surface area contributed by atoms with Crippen LogP contribution in [-0.2, 0) is 16.1 Å². The predicted octanol–water partition coefficient (Wildman–Crippen LogP) is -0.541. The quantitative estimate of drug-likeness (QED) is 0.627. The van der Waals surface area contributed by atoms with Crippen molar-refractivity contribution in [3.05, 3.63) is 28.9 Å². The Labute approximate surface area is 75.0 Å². The summed E-state index contributed by atoms with van der Waals surface area (Å²) >= 11 is 0. The summed E-state index contributed by atoms with van der Waals surface area (Å²) in [6, 6.07) is 1.31. The van der Waals surface area contributed by atoms with E-state index in [9.17, 15) is 9.59 Å². The first kappa shape index (κ1) is 9.60. The van der Waals surface area contributed by atoms with Gasteiger partial charge in [-0.25, -0.2) is 4.98 Å². The molecule has 5 nitrogen and oxygen atoms in total. The molecule has 0 aliphatic carbocycles. The molecule has 0 aromatic carbocycles. The van der Waals surface area contributed by atoms with Gasteiger partial charge in [-0.15, -0.1) is 0 Å². The molecule has 13 heavy (non-hydrogen) atoms. The molecule has 1 heterocycles. The zero-order valence-electron chi connectivity index (χ0n) is 7.27. The lowest BCUT2D eigenvalue weighted by Crippen LogP contribution is -2.25. The van der Waals surface area contributed by atoms with Crippen LogP contribution in [0.1, 0.15) is 0 Å². The SMILES string of the molecule is COCC(=O)Cn1cnccc1=O. The van der Waals surface area contributed by atoms with Crippen LogP contribution in [0.2, 0.25) is 0 Å². The number of ketones is 1. The number of hydrogen-bond acceptors (Lipinski definition) is 4. The minimum Gasteiger partial charge on any atom is -0.377 e. The summed E-state index contributed by atoms with van der Waals surface area (Å²) in [6.45, 7) is 0.0296. The van der Waals surface area contributed by atoms with Gasteiger partial charge in [0.15, 0.2) is 5.78 Å². The molecule has 0 fully saturated rings. The highest BCUT2D eigenvalue weighted by Gasteiger charge is 2.02. The van der Waals surface area contributed by atoms with Crippen molar-refractivity contribution in [3.8, 4) is 0 Å². The number of carbonyl (C=O) groups excluding carboxylic acids is 1. The van der Waals surface area contributed by atoms with Crippen LogP contribution >= 0.6 is 0 Å². The Kier molecular flexibility index (Phi) is 3.33. The lowest BCUT2D eigenvalue weighted by Gasteiger charge is -2.01. The normalized spacial score (nSPS) is 9.92. The smallest absolute Gasteiger partial charge is 0.253 e. The van der Waals surface area contributed by atoms with E-state index in [1.807, 2.05) is 0 Å². The molecule has 0 aliphatic rings. The number of hydrogen-bond donors (Lipinski definition) is 0. The lowest BCUT2D eigenvalue weighted by atomic mass is 10.4. The van der Waals surface area contributed by atoms with Gasteiger partial charge < -0.3 is 4.74 Å². The van der Waals surface area contributed by atoms with Gasteiger partial charge in [-0.3, -0.25) is 14.2 Å². The highest BCUT2D eigenvalue weighted by Crippen LogP contribution is 1.81. The van der Waals surface area contributed by atoms with E-state index in [1.165, 1.54) is 30.3 Å². The number of rotatable bonds is 4. The van der Waals surface area contributed by atoms with Crippen molar-refractivity contribution < 1.29 is 9.53 Å². The monoisotopic (exact) mass is 182 g/mol. The minimum absolute atomic E-state index is 0.0144. The van der Waals surface area contributed by atoms with Crippen molar-refractivity contribution in [1.29, 1.82) is 0 Å². The van der Waals surface area contributed by atoms with Crippen molar-refractivity contribution in [2.24, 2.45) is 0 Å². The maximum atomic E-state index is 11.1. The predicted molar refractivity (Wildman–Crippen MR) is 45.4 cm³/mol. The molecule has 5 heteroatoms. The van der Waals surface area contributed by atoms with Crippen molar-refractivity contribution >= 4 is 5.78 Å². The van der Waals surface area contributed by atoms with Gasteiger partial charge in [0.1, 0.15) is 6.61 Å². The standard InChI is InChI=1S/C8H10N2O3/c1-13-5-7(11)4-10-6-9-3-2-8(10)12/h2-3,6H,4-5H2,1H3. The summed E-state index contributed by atoms with van der Waals surface area (Å²) in [7, 11) is 1.43. The van der Waals surface area contributed by atoms with Crippen LogP contribution in [0.15, 0.2) is 23.4 Å². The van der Waals surface area contributed by atoms with E-state index >= 15 is 0 Å². The molecule has 0 bridgehead atoms. The third-order valence-corrected chi connectivity index (χ3v) is 1.44. The second-order valence-corrected chi connectivity index (χ2v) is 2.52. The largest absolute Gasteiger partial charge is 0.377 e. The molecular formula is C8H10N2O3. The molecule has 1 rings (SSSR count). The zero-order valence-corrected chi connectivity index (χ0v) is 7.27. The molecular weight excluding hydrogens is 172 g/mol. The number of ether oxygens (including phenoxy) is 1. The van der Waals surface area contributed by atoms with E-state index in [2.05, 4.69) is 9.72 Å². The highest BCUT2D eigenvalue weighted by atomic mass is 16.5. The van der Waals surface area contributed by atoms with E-state index in [4.69, 9.17) is 0 Å². The molecule has 0 spiro atoms. The molecule has 0 radical (unpaired) electrons. The first-order valence-electron chi connectivity index (χ1n) is 3.75. The summed E-state index contributed by atoms with van der Waals surface area (Å²) in [5, 5.41) is 0. The average molecular weight is 182 g/mol. The molecule has 0 aliphatic heterocycles. The number of Topliss-reactive ketones (excluding diaryl/α,β-unsaturated/α-hetero) is 1. The van der Waals surface area contributed by atoms with E-state index < -0.39 is 0 Å². The van der Waals surface area contributed by atoms with Crippen LogP contribution in [0.3, 0.4) is 0 Å². The molecule has 0 amide bonds. The first-order valence-corrected chi connectivity index (χ1v) is 3.75. The van der Waals surface area contributed by atoms with Gasteiger partial charge in [-0.2, -0.15) is 0 Å². The molecule has 0 atom stereocenters. The molecule has 70 valence electrons.